The van der Waals surface area contributed by atoms with Gasteiger partial charge in [-0.3, -0.25) is 4.99 Å². The molecule has 1 aromatic rings. The maximum Gasteiger partial charge on any atom is 0.190 e. The van der Waals surface area contributed by atoms with Crippen LogP contribution in [0.2, 0.25) is 5.02 Å². The van der Waals surface area contributed by atoms with Crippen molar-refractivity contribution in [3.8, 4) is 5.75 Å². The van der Waals surface area contributed by atoms with Crippen molar-refractivity contribution in [3.63, 3.8) is 0 Å². The Balaban J connectivity index is 0.00000312. The molecule has 1 saturated heterocycles. The number of nitrogens with zero attached hydrogens (tertiary/aromatic N) is 2. The second-order valence-corrected chi connectivity index (χ2v) is 6.54. The minimum Gasteiger partial charge on any atom is -0.497 e. The predicted molar refractivity (Wildman–Crippen MR) is 117 cm³/mol. The SMILES string of the molecule is CCN1CCC(CNC(=NC)NCCc2ccc(OC)cc2Cl)C1.I. The van der Waals surface area contributed by atoms with Crippen molar-refractivity contribution in [2.45, 2.75) is 19.8 Å². The lowest BCUT2D eigenvalue weighted by Gasteiger charge is -2.16. The summed E-state index contributed by atoms with van der Waals surface area (Å²) in [5.41, 5.74) is 1.11. The van der Waals surface area contributed by atoms with Crippen molar-refractivity contribution in [1.82, 2.24) is 15.5 Å². The highest BCUT2D eigenvalue weighted by Crippen LogP contribution is 2.22. The van der Waals surface area contributed by atoms with Crippen LogP contribution in [0.1, 0.15) is 18.9 Å². The van der Waals surface area contributed by atoms with E-state index in [0.717, 1.165) is 48.4 Å². The Morgan fingerprint density at radius 3 is 2.80 bits per heavy atom. The fraction of sp³-hybridized carbons (Fsp3) is 0.611. The van der Waals surface area contributed by atoms with Gasteiger partial charge in [-0.1, -0.05) is 24.6 Å². The first-order valence-corrected chi connectivity index (χ1v) is 9.03. The largest absolute Gasteiger partial charge is 0.497 e. The van der Waals surface area contributed by atoms with Gasteiger partial charge in [-0.2, -0.15) is 0 Å². The van der Waals surface area contributed by atoms with E-state index in [-0.39, 0.29) is 24.0 Å². The molecule has 0 aromatic heterocycles. The molecule has 25 heavy (non-hydrogen) atoms. The maximum atomic E-state index is 6.27. The highest BCUT2D eigenvalue weighted by molar-refractivity contribution is 14.0. The first kappa shape index (κ1) is 22.3. The minimum atomic E-state index is 0. The second-order valence-electron chi connectivity index (χ2n) is 6.14. The Bertz CT molecular complexity index is 556. The zero-order chi connectivity index (χ0) is 17.4. The minimum absolute atomic E-state index is 0. The Labute approximate surface area is 173 Å². The molecule has 0 spiro atoms. The Morgan fingerprint density at radius 2 is 2.20 bits per heavy atom. The van der Waals surface area contributed by atoms with E-state index in [1.54, 1.807) is 7.11 Å². The quantitative estimate of drug-likeness (QED) is 0.358. The van der Waals surface area contributed by atoms with E-state index in [1.807, 2.05) is 25.2 Å². The number of aliphatic imine (C=N–C) groups is 1. The van der Waals surface area contributed by atoms with Crippen molar-refractivity contribution >= 4 is 41.5 Å². The summed E-state index contributed by atoms with van der Waals surface area (Å²) in [6, 6.07) is 5.80. The first-order chi connectivity index (χ1) is 11.7. The Kier molecular flexibility index (Phi) is 10.5. The summed E-state index contributed by atoms with van der Waals surface area (Å²) in [7, 11) is 3.45. The third kappa shape index (κ3) is 7.19. The third-order valence-electron chi connectivity index (χ3n) is 4.55. The molecule has 1 aliphatic rings. The molecular weight excluding hydrogens is 451 g/mol. The number of ether oxygens (including phenoxy) is 1. The number of hydrogen-bond acceptors (Lipinski definition) is 3. The lowest BCUT2D eigenvalue weighted by molar-refractivity contribution is 0.342. The van der Waals surface area contributed by atoms with Gasteiger partial charge in [0.05, 0.1) is 7.11 Å². The van der Waals surface area contributed by atoms with Gasteiger partial charge in [-0.15, -0.1) is 24.0 Å². The molecule has 5 nitrogen and oxygen atoms in total. The lowest BCUT2D eigenvalue weighted by Crippen LogP contribution is -2.41. The normalized spacial score (nSPS) is 17.9. The fourth-order valence-corrected chi connectivity index (χ4v) is 3.27. The number of nitrogens with one attached hydrogen (secondary N) is 2. The van der Waals surface area contributed by atoms with Gasteiger partial charge >= 0.3 is 0 Å². The van der Waals surface area contributed by atoms with E-state index in [2.05, 4.69) is 27.4 Å². The molecule has 1 atom stereocenters. The standard InChI is InChI=1S/C18H29ClN4O.HI/c1-4-23-10-8-14(13-23)12-22-18(20-2)21-9-7-15-5-6-16(24-3)11-17(15)19;/h5-6,11,14H,4,7-10,12-13H2,1-3H3,(H2,20,21,22);1H. The Hall–Kier alpha value is -0.730. The van der Waals surface area contributed by atoms with Crippen molar-refractivity contribution in [2.24, 2.45) is 10.9 Å². The number of hydrogen-bond donors (Lipinski definition) is 2. The summed E-state index contributed by atoms with van der Waals surface area (Å²) in [4.78, 5) is 6.79. The molecule has 1 unspecified atom stereocenters. The summed E-state index contributed by atoms with van der Waals surface area (Å²) < 4.78 is 5.17. The molecule has 0 aliphatic carbocycles. The van der Waals surface area contributed by atoms with Gasteiger partial charge in [0.2, 0.25) is 0 Å². The van der Waals surface area contributed by atoms with Crippen LogP contribution >= 0.6 is 35.6 Å². The van der Waals surface area contributed by atoms with Crippen molar-refractivity contribution in [1.29, 1.82) is 0 Å². The van der Waals surface area contributed by atoms with Crippen LogP contribution in [-0.2, 0) is 6.42 Å². The highest BCUT2D eigenvalue weighted by Gasteiger charge is 2.20. The van der Waals surface area contributed by atoms with Crippen LogP contribution in [0.15, 0.2) is 23.2 Å². The zero-order valence-corrected chi connectivity index (χ0v) is 18.4. The Morgan fingerprint density at radius 1 is 1.40 bits per heavy atom. The zero-order valence-electron chi connectivity index (χ0n) is 15.3. The smallest absolute Gasteiger partial charge is 0.190 e. The summed E-state index contributed by atoms with van der Waals surface area (Å²) >= 11 is 6.27. The summed E-state index contributed by atoms with van der Waals surface area (Å²) in [5.74, 6) is 2.35. The molecule has 0 bridgehead atoms. The number of halogens is 2. The van der Waals surface area contributed by atoms with Crippen molar-refractivity contribution < 1.29 is 4.74 Å². The molecular formula is C18H30ClIN4O. The molecule has 142 valence electrons. The summed E-state index contributed by atoms with van der Waals surface area (Å²) in [6.07, 6.45) is 2.11. The average molecular weight is 481 g/mol. The third-order valence-corrected chi connectivity index (χ3v) is 4.90. The van der Waals surface area contributed by atoms with Crippen molar-refractivity contribution in [2.75, 3.05) is 46.9 Å². The molecule has 1 fully saturated rings. The second kappa shape index (κ2) is 11.8. The van der Waals surface area contributed by atoms with Gasteiger partial charge in [-0.05, 0) is 49.5 Å². The summed E-state index contributed by atoms with van der Waals surface area (Å²) in [6.45, 7) is 7.52. The van der Waals surface area contributed by atoms with E-state index in [9.17, 15) is 0 Å². The number of likely N-dealkylation sites (tertiary alicyclic amines) is 1. The molecule has 0 saturated carbocycles. The molecule has 1 heterocycles. The molecule has 7 heteroatoms. The van der Waals surface area contributed by atoms with Crippen LogP contribution in [0.4, 0.5) is 0 Å². The molecule has 2 rings (SSSR count). The van der Waals surface area contributed by atoms with Crippen LogP contribution in [0.5, 0.6) is 5.75 Å². The summed E-state index contributed by atoms with van der Waals surface area (Å²) in [5, 5.41) is 7.53. The van der Waals surface area contributed by atoms with E-state index in [1.165, 1.54) is 19.5 Å². The van der Waals surface area contributed by atoms with Crippen molar-refractivity contribution in [3.05, 3.63) is 28.8 Å². The van der Waals surface area contributed by atoms with Gasteiger partial charge in [-0.25, -0.2) is 0 Å². The maximum absolute atomic E-state index is 6.27. The number of rotatable bonds is 7. The lowest BCUT2D eigenvalue weighted by atomic mass is 10.1. The molecule has 2 N–H and O–H groups in total. The predicted octanol–water partition coefficient (Wildman–Crippen LogP) is 3.02. The first-order valence-electron chi connectivity index (χ1n) is 8.65. The van der Waals surface area contributed by atoms with E-state index in [0.29, 0.717) is 5.92 Å². The highest BCUT2D eigenvalue weighted by atomic mass is 127. The molecule has 1 aromatic carbocycles. The van der Waals surface area contributed by atoms with E-state index in [4.69, 9.17) is 16.3 Å². The van der Waals surface area contributed by atoms with E-state index < -0.39 is 0 Å². The molecule has 0 radical (unpaired) electrons. The molecule has 1 aliphatic heterocycles. The van der Waals surface area contributed by atoms with Gasteiger partial charge in [0, 0.05) is 31.7 Å². The van der Waals surface area contributed by atoms with Gasteiger partial charge < -0.3 is 20.3 Å². The van der Waals surface area contributed by atoms with Crippen LogP contribution in [0, 0.1) is 5.92 Å². The monoisotopic (exact) mass is 480 g/mol. The fourth-order valence-electron chi connectivity index (χ4n) is 3.00. The topological polar surface area (TPSA) is 48.9 Å². The van der Waals surface area contributed by atoms with Gasteiger partial charge in [0.15, 0.2) is 5.96 Å². The van der Waals surface area contributed by atoms with Crippen LogP contribution in [0.3, 0.4) is 0 Å². The van der Waals surface area contributed by atoms with Gasteiger partial charge in [0.25, 0.3) is 0 Å². The van der Waals surface area contributed by atoms with Crippen LogP contribution in [0.25, 0.3) is 0 Å². The van der Waals surface area contributed by atoms with E-state index >= 15 is 0 Å². The number of guanidine groups is 1. The number of benzene rings is 1. The van der Waals surface area contributed by atoms with Gasteiger partial charge in [0.1, 0.15) is 5.75 Å². The van der Waals surface area contributed by atoms with Crippen LogP contribution in [-0.4, -0.2) is 57.7 Å². The van der Waals surface area contributed by atoms with Crippen LogP contribution < -0.4 is 15.4 Å². The number of methoxy groups -OCH3 is 1. The molecule has 0 amide bonds. The average Bonchev–Trinajstić information content (AvgIpc) is 3.07.